The second kappa shape index (κ2) is 18.2. The molecule has 23 heavy (non-hydrogen) atoms. The van der Waals surface area contributed by atoms with Crippen molar-refractivity contribution in [2.45, 2.75) is 60.5 Å². The molecule has 142 valence electrons. The van der Waals surface area contributed by atoms with E-state index in [1.807, 2.05) is 27.7 Å². The molecule has 0 atom stereocenters. The molecular weight excluding hydrogens is 286 g/mol. The maximum atomic E-state index is 5.83. The molecule has 1 fully saturated rings. The Balaban J connectivity index is 0. The quantitative estimate of drug-likeness (QED) is 0.540. The van der Waals surface area contributed by atoms with Crippen LogP contribution in [0.3, 0.4) is 0 Å². The number of hydrogen-bond acceptors (Lipinski definition) is 4. The van der Waals surface area contributed by atoms with Gasteiger partial charge in [-0.1, -0.05) is 41.5 Å². The van der Waals surface area contributed by atoms with Gasteiger partial charge in [0.15, 0.2) is 0 Å². The van der Waals surface area contributed by atoms with Crippen LogP contribution in [-0.2, 0) is 4.74 Å². The average molecular weight is 332 g/mol. The highest BCUT2D eigenvalue weighted by molar-refractivity contribution is 4.77. The Morgan fingerprint density at radius 3 is 2.04 bits per heavy atom. The van der Waals surface area contributed by atoms with E-state index in [9.17, 15) is 0 Å². The third-order valence-corrected chi connectivity index (χ3v) is 3.85. The predicted molar refractivity (Wildman–Crippen MR) is 104 cm³/mol. The predicted octanol–water partition coefficient (Wildman–Crippen LogP) is 3.42. The highest BCUT2D eigenvalue weighted by Crippen LogP contribution is 2.08. The number of hydrogen-bond donors (Lipinski definition) is 0. The smallest absolute Gasteiger partial charge is 0.0828 e. The normalized spacial score (nSPS) is 14.9. The van der Waals surface area contributed by atoms with Gasteiger partial charge in [0.1, 0.15) is 0 Å². The first-order valence-electron chi connectivity index (χ1n) is 9.86. The van der Waals surface area contributed by atoms with Gasteiger partial charge in [-0.05, 0) is 40.0 Å². The monoisotopic (exact) mass is 331 g/mol. The molecule has 0 aromatic rings. The van der Waals surface area contributed by atoms with E-state index < -0.39 is 0 Å². The molecule has 1 rings (SSSR count). The number of rotatable bonds is 11. The first-order chi connectivity index (χ1) is 11.2. The van der Waals surface area contributed by atoms with Crippen molar-refractivity contribution in [3.8, 4) is 0 Å². The molecule has 0 bridgehead atoms. The minimum Gasteiger partial charge on any atom is -0.376 e. The van der Waals surface area contributed by atoms with Crippen LogP contribution in [0, 0.1) is 0 Å². The van der Waals surface area contributed by atoms with Gasteiger partial charge in [0.05, 0.1) is 6.10 Å². The van der Waals surface area contributed by atoms with E-state index in [-0.39, 0.29) is 0 Å². The fraction of sp³-hybridized carbons (Fsp3) is 1.00. The maximum absolute atomic E-state index is 5.83. The minimum atomic E-state index is 0.496. The van der Waals surface area contributed by atoms with Crippen LogP contribution in [0.1, 0.15) is 54.4 Å². The summed E-state index contributed by atoms with van der Waals surface area (Å²) in [5, 5.41) is 0. The van der Waals surface area contributed by atoms with Crippen molar-refractivity contribution >= 4 is 0 Å². The standard InChI is InChI=1S/C15H33N3O.2C2H6/c1-5-8-16(3)10-11-18(6-2)9-7-12-19-15-13-17(4)14-15;2*1-2/h15H,5-14H2,1-4H3;2*1-2H3. The van der Waals surface area contributed by atoms with Crippen molar-refractivity contribution in [1.82, 2.24) is 14.7 Å². The van der Waals surface area contributed by atoms with Crippen molar-refractivity contribution in [3.05, 3.63) is 0 Å². The molecule has 0 N–H and O–H groups in total. The maximum Gasteiger partial charge on any atom is 0.0828 e. The van der Waals surface area contributed by atoms with Gasteiger partial charge in [0.25, 0.3) is 0 Å². The molecule has 0 amide bonds. The van der Waals surface area contributed by atoms with E-state index in [0.29, 0.717) is 6.10 Å². The lowest BCUT2D eigenvalue weighted by Crippen LogP contribution is -2.49. The molecule has 1 aliphatic heterocycles. The summed E-state index contributed by atoms with van der Waals surface area (Å²) in [5.41, 5.74) is 0. The molecule has 1 saturated heterocycles. The number of ether oxygens (including phenoxy) is 1. The van der Waals surface area contributed by atoms with Gasteiger partial charge in [-0.3, -0.25) is 0 Å². The Kier molecular flexibility index (Phi) is 19.8. The molecule has 4 nitrogen and oxygen atoms in total. The Labute approximate surface area is 147 Å². The molecule has 1 aliphatic rings. The Bertz CT molecular complexity index is 221. The Morgan fingerprint density at radius 1 is 0.957 bits per heavy atom. The lowest BCUT2D eigenvalue weighted by Gasteiger charge is -2.36. The van der Waals surface area contributed by atoms with Crippen LogP contribution in [0.4, 0.5) is 0 Å². The van der Waals surface area contributed by atoms with Crippen molar-refractivity contribution in [2.75, 3.05) is 66.5 Å². The van der Waals surface area contributed by atoms with Crippen LogP contribution in [0.25, 0.3) is 0 Å². The number of nitrogens with zero attached hydrogens (tertiary/aromatic N) is 3. The molecule has 4 heteroatoms. The summed E-state index contributed by atoms with van der Waals surface area (Å²) in [4.78, 5) is 7.25. The van der Waals surface area contributed by atoms with E-state index in [4.69, 9.17) is 4.74 Å². The van der Waals surface area contributed by atoms with Crippen molar-refractivity contribution in [1.29, 1.82) is 0 Å². The molecule has 0 saturated carbocycles. The molecule has 0 radical (unpaired) electrons. The number of likely N-dealkylation sites (N-methyl/N-ethyl adjacent to an activating group) is 3. The molecule has 0 spiro atoms. The summed E-state index contributed by atoms with van der Waals surface area (Å²) >= 11 is 0. The summed E-state index contributed by atoms with van der Waals surface area (Å²) < 4.78 is 5.83. The van der Waals surface area contributed by atoms with Crippen LogP contribution in [0.15, 0.2) is 0 Å². The zero-order chi connectivity index (χ0) is 18.1. The first kappa shape index (κ1) is 25.1. The zero-order valence-corrected chi connectivity index (χ0v) is 17.4. The van der Waals surface area contributed by atoms with Crippen molar-refractivity contribution in [2.24, 2.45) is 0 Å². The summed E-state index contributed by atoms with van der Waals surface area (Å²) in [6, 6.07) is 0. The summed E-state index contributed by atoms with van der Waals surface area (Å²) in [5.74, 6) is 0. The fourth-order valence-corrected chi connectivity index (χ4v) is 2.52. The van der Waals surface area contributed by atoms with Crippen LogP contribution in [-0.4, -0.2) is 87.3 Å². The summed E-state index contributed by atoms with van der Waals surface area (Å²) in [6.45, 7) is 21.5. The second-order valence-electron chi connectivity index (χ2n) is 5.81. The third kappa shape index (κ3) is 13.9. The topological polar surface area (TPSA) is 19.0 Å². The van der Waals surface area contributed by atoms with Crippen LogP contribution >= 0.6 is 0 Å². The van der Waals surface area contributed by atoms with Gasteiger partial charge in [-0.2, -0.15) is 0 Å². The first-order valence-corrected chi connectivity index (χ1v) is 9.86. The molecule has 1 heterocycles. The molecule has 0 aromatic heterocycles. The third-order valence-electron chi connectivity index (χ3n) is 3.85. The zero-order valence-electron chi connectivity index (χ0n) is 17.4. The van der Waals surface area contributed by atoms with E-state index in [0.717, 1.165) is 32.7 Å². The largest absolute Gasteiger partial charge is 0.376 e. The lowest BCUT2D eigenvalue weighted by atomic mass is 10.2. The minimum absolute atomic E-state index is 0.496. The molecule has 0 unspecified atom stereocenters. The average Bonchev–Trinajstić information content (AvgIpc) is 2.56. The summed E-state index contributed by atoms with van der Waals surface area (Å²) in [7, 11) is 4.36. The fourth-order valence-electron chi connectivity index (χ4n) is 2.52. The van der Waals surface area contributed by atoms with E-state index >= 15 is 0 Å². The van der Waals surface area contributed by atoms with Gasteiger partial charge in [-0.15, -0.1) is 0 Å². The Hall–Kier alpha value is -0.160. The van der Waals surface area contributed by atoms with E-state index in [1.54, 1.807) is 0 Å². The van der Waals surface area contributed by atoms with Crippen LogP contribution in [0.5, 0.6) is 0 Å². The van der Waals surface area contributed by atoms with Crippen LogP contribution in [0.2, 0.25) is 0 Å². The highest BCUT2D eigenvalue weighted by atomic mass is 16.5. The molecule has 0 aromatic carbocycles. The van der Waals surface area contributed by atoms with E-state index in [2.05, 4.69) is 42.6 Å². The lowest BCUT2D eigenvalue weighted by molar-refractivity contribution is -0.0452. The molecular formula is C19H45N3O. The van der Waals surface area contributed by atoms with Crippen molar-refractivity contribution in [3.63, 3.8) is 0 Å². The Morgan fingerprint density at radius 2 is 1.57 bits per heavy atom. The molecule has 0 aliphatic carbocycles. The van der Waals surface area contributed by atoms with Gasteiger partial charge in [0.2, 0.25) is 0 Å². The number of likely N-dealkylation sites (tertiary alicyclic amines) is 1. The summed E-state index contributed by atoms with van der Waals surface area (Å²) in [6.07, 6.45) is 2.90. The highest BCUT2D eigenvalue weighted by Gasteiger charge is 2.23. The van der Waals surface area contributed by atoms with Gasteiger partial charge < -0.3 is 19.4 Å². The van der Waals surface area contributed by atoms with Gasteiger partial charge >= 0.3 is 0 Å². The van der Waals surface area contributed by atoms with E-state index in [1.165, 1.54) is 32.6 Å². The van der Waals surface area contributed by atoms with Gasteiger partial charge in [-0.25, -0.2) is 0 Å². The van der Waals surface area contributed by atoms with Crippen LogP contribution < -0.4 is 0 Å². The second-order valence-corrected chi connectivity index (χ2v) is 5.81. The van der Waals surface area contributed by atoms with Crippen molar-refractivity contribution < 1.29 is 4.74 Å². The van der Waals surface area contributed by atoms with Gasteiger partial charge in [0, 0.05) is 39.3 Å². The SMILES string of the molecule is CC.CC.CCCN(C)CCN(CC)CCCOC1CN(C)C1.